The molecule has 0 unspecified atom stereocenters. The highest BCUT2D eigenvalue weighted by Crippen LogP contribution is 2.42. The SMILES string of the molecule is CCSC(SCC)[C@@H]1OC(C)(C)O[C@H]1[C@H](OC(C)=O)[C@H]1COC(C)(C)O1. The first-order valence-electron chi connectivity index (χ1n) is 9.16. The highest BCUT2D eigenvalue weighted by Gasteiger charge is 2.54. The molecule has 2 heterocycles. The summed E-state index contributed by atoms with van der Waals surface area (Å²) < 4.78 is 30.0. The maximum absolute atomic E-state index is 11.8. The van der Waals surface area contributed by atoms with Crippen LogP contribution in [0.3, 0.4) is 0 Å². The molecule has 0 saturated carbocycles. The summed E-state index contributed by atoms with van der Waals surface area (Å²) in [5.74, 6) is 0.128. The van der Waals surface area contributed by atoms with Gasteiger partial charge in [-0.2, -0.15) is 0 Å². The van der Waals surface area contributed by atoms with Crippen LogP contribution < -0.4 is 0 Å². The van der Waals surface area contributed by atoms with E-state index in [1.807, 2.05) is 51.2 Å². The summed E-state index contributed by atoms with van der Waals surface area (Å²) in [7, 11) is 0. The molecule has 0 amide bonds. The Hall–Kier alpha value is 0.01000. The van der Waals surface area contributed by atoms with Crippen molar-refractivity contribution in [1.82, 2.24) is 0 Å². The van der Waals surface area contributed by atoms with Gasteiger partial charge in [0.15, 0.2) is 17.7 Å². The zero-order valence-corrected chi connectivity index (χ0v) is 18.4. The van der Waals surface area contributed by atoms with Crippen LogP contribution in [-0.2, 0) is 28.5 Å². The van der Waals surface area contributed by atoms with Gasteiger partial charge < -0.3 is 23.7 Å². The van der Waals surface area contributed by atoms with Crippen LogP contribution in [-0.4, -0.2) is 64.7 Å². The number of ether oxygens (including phenoxy) is 5. The van der Waals surface area contributed by atoms with E-state index in [9.17, 15) is 4.79 Å². The fourth-order valence-electron chi connectivity index (χ4n) is 3.27. The Morgan fingerprint density at radius 2 is 1.62 bits per heavy atom. The molecule has 8 heteroatoms. The molecule has 2 saturated heterocycles. The summed E-state index contributed by atoms with van der Waals surface area (Å²) in [6, 6.07) is 0. The third kappa shape index (κ3) is 5.75. The summed E-state index contributed by atoms with van der Waals surface area (Å²) in [5.41, 5.74) is 0. The predicted octanol–water partition coefficient (Wildman–Crippen LogP) is 3.42. The lowest BCUT2D eigenvalue weighted by Gasteiger charge is -2.32. The molecule has 0 bridgehead atoms. The van der Waals surface area contributed by atoms with Gasteiger partial charge in [0.25, 0.3) is 0 Å². The largest absolute Gasteiger partial charge is 0.457 e. The number of carbonyl (C=O) groups excluding carboxylic acids is 1. The summed E-state index contributed by atoms with van der Waals surface area (Å²) in [6.45, 7) is 13.5. The zero-order chi connectivity index (χ0) is 19.5. The molecule has 0 aromatic rings. The maximum atomic E-state index is 11.8. The fourth-order valence-corrected chi connectivity index (χ4v) is 5.93. The van der Waals surface area contributed by atoms with Gasteiger partial charge in [-0.05, 0) is 39.2 Å². The van der Waals surface area contributed by atoms with Gasteiger partial charge in [0.05, 0.1) is 11.2 Å². The molecule has 0 aromatic carbocycles. The summed E-state index contributed by atoms with van der Waals surface area (Å²) >= 11 is 3.65. The molecule has 26 heavy (non-hydrogen) atoms. The van der Waals surface area contributed by atoms with Crippen molar-refractivity contribution in [3.63, 3.8) is 0 Å². The fraction of sp³-hybridized carbons (Fsp3) is 0.944. The predicted molar refractivity (Wildman–Crippen MR) is 104 cm³/mol. The number of thioether (sulfide) groups is 2. The van der Waals surface area contributed by atoms with Gasteiger partial charge in [-0.25, -0.2) is 0 Å². The second kappa shape index (κ2) is 9.01. The smallest absolute Gasteiger partial charge is 0.303 e. The number of hydrogen-bond acceptors (Lipinski definition) is 8. The molecule has 2 aliphatic rings. The second-order valence-electron chi connectivity index (χ2n) is 7.29. The summed E-state index contributed by atoms with van der Waals surface area (Å²) in [5, 5.41) is 0. The van der Waals surface area contributed by atoms with Crippen molar-refractivity contribution < 1.29 is 28.5 Å². The average Bonchev–Trinajstić information content (AvgIpc) is 3.03. The van der Waals surface area contributed by atoms with Crippen LogP contribution in [0.15, 0.2) is 0 Å². The molecular formula is C18H32O6S2. The molecule has 0 radical (unpaired) electrons. The first kappa shape index (κ1) is 22.3. The number of hydrogen-bond donors (Lipinski definition) is 0. The monoisotopic (exact) mass is 408 g/mol. The van der Waals surface area contributed by atoms with E-state index in [1.165, 1.54) is 6.92 Å². The maximum Gasteiger partial charge on any atom is 0.303 e. The minimum absolute atomic E-state index is 0.185. The highest BCUT2D eigenvalue weighted by molar-refractivity contribution is 8.17. The standard InChI is InChI=1S/C18H32O6S2/c1-8-25-16(26-9-2)15-14(23-18(6,7)24-15)13(21-11(3)19)12-10-20-17(4,5)22-12/h12-16H,8-10H2,1-7H3/t12-,13-,14+,15-/m1/s1. The lowest BCUT2D eigenvalue weighted by molar-refractivity contribution is -0.193. The van der Waals surface area contributed by atoms with E-state index < -0.39 is 29.9 Å². The van der Waals surface area contributed by atoms with Crippen molar-refractivity contribution in [1.29, 1.82) is 0 Å². The molecule has 0 aliphatic carbocycles. The van der Waals surface area contributed by atoms with Crippen LogP contribution in [0.2, 0.25) is 0 Å². The quantitative estimate of drug-likeness (QED) is 0.447. The number of rotatable bonds is 8. The molecular weight excluding hydrogens is 376 g/mol. The van der Waals surface area contributed by atoms with Crippen LogP contribution >= 0.6 is 23.5 Å². The van der Waals surface area contributed by atoms with E-state index in [0.29, 0.717) is 6.61 Å². The topological polar surface area (TPSA) is 63.2 Å². The van der Waals surface area contributed by atoms with Crippen molar-refractivity contribution in [2.45, 2.75) is 89.0 Å². The van der Waals surface area contributed by atoms with Crippen molar-refractivity contribution in [2.24, 2.45) is 0 Å². The third-order valence-electron chi connectivity index (χ3n) is 4.12. The Labute approximate surface area is 165 Å². The van der Waals surface area contributed by atoms with Gasteiger partial charge in [-0.1, -0.05) is 13.8 Å². The van der Waals surface area contributed by atoms with E-state index in [0.717, 1.165) is 11.5 Å². The van der Waals surface area contributed by atoms with E-state index in [2.05, 4.69) is 13.8 Å². The molecule has 2 fully saturated rings. The molecule has 2 rings (SSSR count). The Morgan fingerprint density at radius 3 is 2.08 bits per heavy atom. The zero-order valence-electron chi connectivity index (χ0n) is 16.8. The molecule has 2 aliphatic heterocycles. The van der Waals surface area contributed by atoms with Gasteiger partial charge in [0, 0.05) is 6.92 Å². The van der Waals surface area contributed by atoms with E-state index in [4.69, 9.17) is 23.7 Å². The van der Waals surface area contributed by atoms with Gasteiger partial charge in [-0.15, -0.1) is 23.5 Å². The normalized spacial score (nSPS) is 31.3. The van der Waals surface area contributed by atoms with Crippen LogP contribution in [0.1, 0.15) is 48.5 Å². The van der Waals surface area contributed by atoms with E-state index in [1.54, 1.807) is 0 Å². The van der Waals surface area contributed by atoms with Crippen molar-refractivity contribution in [3.8, 4) is 0 Å². The molecule has 6 nitrogen and oxygen atoms in total. The molecule has 0 spiro atoms. The molecule has 0 N–H and O–H groups in total. The Kier molecular flexibility index (Phi) is 7.73. The van der Waals surface area contributed by atoms with Gasteiger partial charge >= 0.3 is 5.97 Å². The van der Waals surface area contributed by atoms with Crippen LogP contribution in [0.25, 0.3) is 0 Å². The van der Waals surface area contributed by atoms with Crippen LogP contribution in [0.4, 0.5) is 0 Å². The van der Waals surface area contributed by atoms with E-state index in [-0.39, 0.29) is 16.7 Å². The number of carbonyl (C=O) groups is 1. The average molecular weight is 409 g/mol. The first-order chi connectivity index (χ1) is 12.1. The Morgan fingerprint density at radius 1 is 1.04 bits per heavy atom. The second-order valence-corrected chi connectivity index (χ2v) is 10.4. The molecule has 4 atom stereocenters. The van der Waals surface area contributed by atoms with Crippen LogP contribution in [0, 0.1) is 0 Å². The third-order valence-corrected chi connectivity index (χ3v) is 6.79. The Balaban J connectivity index is 2.28. The van der Waals surface area contributed by atoms with Gasteiger partial charge in [0.2, 0.25) is 0 Å². The summed E-state index contributed by atoms with van der Waals surface area (Å²) in [6.07, 6.45) is -1.60. The van der Waals surface area contributed by atoms with E-state index >= 15 is 0 Å². The van der Waals surface area contributed by atoms with Gasteiger partial charge in [-0.3, -0.25) is 4.79 Å². The van der Waals surface area contributed by atoms with Crippen molar-refractivity contribution in [3.05, 3.63) is 0 Å². The molecule has 152 valence electrons. The number of esters is 1. The van der Waals surface area contributed by atoms with Crippen molar-refractivity contribution in [2.75, 3.05) is 18.1 Å². The Bertz CT molecular complexity index is 478. The van der Waals surface area contributed by atoms with Gasteiger partial charge in [0.1, 0.15) is 18.3 Å². The van der Waals surface area contributed by atoms with Crippen LogP contribution in [0.5, 0.6) is 0 Å². The lowest BCUT2D eigenvalue weighted by atomic mass is 10.0. The highest BCUT2D eigenvalue weighted by atomic mass is 32.2. The first-order valence-corrected chi connectivity index (χ1v) is 11.3. The lowest BCUT2D eigenvalue weighted by Crippen LogP contribution is -2.49. The minimum Gasteiger partial charge on any atom is -0.457 e. The van der Waals surface area contributed by atoms with Crippen molar-refractivity contribution >= 4 is 29.5 Å². The molecule has 0 aromatic heterocycles. The minimum atomic E-state index is -0.746. The summed E-state index contributed by atoms with van der Waals surface area (Å²) in [4.78, 5) is 11.8.